The van der Waals surface area contributed by atoms with Gasteiger partial charge in [0.1, 0.15) is 5.82 Å². The minimum absolute atomic E-state index is 0.0889. The third-order valence-electron chi connectivity index (χ3n) is 4.52. The lowest BCUT2D eigenvalue weighted by Crippen LogP contribution is -2.30. The van der Waals surface area contributed by atoms with Gasteiger partial charge in [-0.2, -0.15) is 0 Å². The van der Waals surface area contributed by atoms with Crippen molar-refractivity contribution in [2.24, 2.45) is 0 Å². The Morgan fingerprint density at radius 3 is 2.38 bits per heavy atom. The molecule has 1 N–H and O–H groups in total. The fourth-order valence-corrected chi connectivity index (χ4v) is 3.16. The van der Waals surface area contributed by atoms with E-state index in [0.29, 0.717) is 6.54 Å². The van der Waals surface area contributed by atoms with Crippen molar-refractivity contribution < 1.29 is 9.18 Å². The summed E-state index contributed by atoms with van der Waals surface area (Å²) in [5.41, 5.74) is 2.41. The topological polar surface area (TPSA) is 32.3 Å². The molecule has 1 fully saturated rings. The van der Waals surface area contributed by atoms with Crippen LogP contribution in [0.15, 0.2) is 48.5 Å². The molecule has 3 nitrogen and oxygen atoms in total. The zero-order valence-electron chi connectivity index (χ0n) is 13.8. The first-order valence-corrected chi connectivity index (χ1v) is 8.56. The van der Waals surface area contributed by atoms with Crippen LogP contribution in [0.3, 0.4) is 0 Å². The number of carbonyl (C=O) groups excluding carboxylic acids is 1. The smallest absolute Gasteiger partial charge is 0.254 e. The molecule has 1 amide bonds. The van der Waals surface area contributed by atoms with Gasteiger partial charge in [-0.05, 0) is 49.2 Å². The van der Waals surface area contributed by atoms with Gasteiger partial charge in [0.2, 0.25) is 0 Å². The molecule has 1 saturated heterocycles. The summed E-state index contributed by atoms with van der Waals surface area (Å²) >= 11 is 0. The van der Waals surface area contributed by atoms with Gasteiger partial charge < -0.3 is 5.32 Å². The van der Waals surface area contributed by atoms with Crippen molar-refractivity contribution in [3.8, 4) is 0 Å². The maximum absolute atomic E-state index is 13.7. The minimum atomic E-state index is -0.489. The molecule has 126 valence electrons. The third-order valence-corrected chi connectivity index (χ3v) is 4.52. The maximum Gasteiger partial charge on any atom is 0.254 e. The van der Waals surface area contributed by atoms with E-state index in [1.807, 2.05) is 18.2 Å². The lowest BCUT2D eigenvalue weighted by Gasteiger charge is -2.27. The summed E-state index contributed by atoms with van der Waals surface area (Å²) in [6.45, 7) is 3.59. The molecule has 0 atom stereocenters. The number of amides is 1. The molecule has 4 heteroatoms. The lowest BCUT2D eigenvalue weighted by atomic mass is 10.0. The first kappa shape index (κ1) is 16.7. The Kier molecular flexibility index (Phi) is 5.59. The van der Waals surface area contributed by atoms with E-state index in [2.05, 4.69) is 16.3 Å². The summed E-state index contributed by atoms with van der Waals surface area (Å²) in [5, 5.41) is 2.84. The van der Waals surface area contributed by atoms with Gasteiger partial charge in [0.15, 0.2) is 0 Å². The number of rotatable bonds is 5. The summed E-state index contributed by atoms with van der Waals surface area (Å²) in [4.78, 5) is 14.6. The van der Waals surface area contributed by atoms with E-state index >= 15 is 0 Å². The second-order valence-corrected chi connectivity index (χ2v) is 6.27. The molecule has 0 radical (unpaired) electrons. The fraction of sp³-hybridized carbons (Fsp3) is 0.350. The molecule has 24 heavy (non-hydrogen) atoms. The SMILES string of the molecule is O=C(NCc1ccccc1CN1CCCCC1)c1ccccc1F. The Bertz CT molecular complexity index is 696. The van der Waals surface area contributed by atoms with Crippen LogP contribution in [0.1, 0.15) is 40.7 Å². The van der Waals surface area contributed by atoms with Crippen LogP contribution in [-0.2, 0) is 13.1 Å². The summed E-state index contributed by atoms with van der Waals surface area (Å²) in [6, 6.07) is 14.2. The van der Waals surface area contributed by atoms with Gasteiger partial charge in [0.25, 0.3) is 5.91 Å². The highest BCUT2D eigenvalue weighted by Gasteiger charge is 2.14. The van der Waals surface area contributed by atoms with Gasteiger partial charge in [-0.3, -0.25) is 9.69 Å². The van der Waals surface area contributed by atoms with Crippen LogP contribution in [0.5, 0.6) is 0 Å². The van der Waals surface area contributed by atoms with Crippen LogP contribution in [0.2, 0.25) is 0 Å². The third kappa shape index (κ3) is 4.20. The van der Waals surface area contributed by atoms with Gasteiger partial charge >= 0.3 is 0 Å². The predicted octanol–water partition coefficient (Wildman–Crippen LogP) is 3.74. The molecular weight excluding hydrogens is 303 g/mol. The molecule has 0 aliphatic carbocycles. The Morgan fingerprint density at radius 1 is 0.958 bits per heavy atom. The monoisotopic (exact) mass is 326 g/mol. The fourth-order valence-electron chi connectivity index (χ4n) is 3.16. The van der Waals surface area contributed by atoms with Crippen LogP contribution in [0.25, 0.3) is 0 Å². The second-order valence-electron chi connectivity index (χ2n) is 6.27. The largest absolute Gasteiger partial charge is 0.348 e. The Hall–Kier alpha value is -2.20. The molecule has 0 unspecified atom stereocenters. The summed E-state index contributed by atoms with van der Waals surface area (Å²) < 4.78 is 13.7. The minimum Gasteiger partial charge on any atom is -0.348 e. The zero-order valence-corrected chi connectivity index (χ0v) is 13.8. The van der Waals surface area contributed by atoms with Crippen LogP contribution >= 0.6 is 0 Å². The number of hydrogen-bond donors (Lipinski definition) is 1. The van der Waals surface area contributed by atoms with Crippen molar-refractivity contribution in [2.45, 2.75) is 32.4 Å². The highest BCUT2D eigenvalue weighted by atomic mass is 19.1. The van der Waals surface area contributed by atoms with Crippen molar-refractivity contribution in [3.63, 3.8) is 0 Å². The predicted molar refractivity (Wildman–Crippen MR) is 93.1 cm³/mol. The highest BCUT2D eigenvalue weighted by molar-refractivity contribution is 5.94. The van der Waals surface area contributed by atoms with E-state index in [9.17, 15) is 9.18 Å². The molecule has 1 heterocycles. The van der Waals surface area contributed by atoms with E-state index in [1.54, 1.807) is 12.1 Å². The van der Waals surface area contributed by atoms with E-state index in [0.717, 1.165) is 25.2 Å². The van der Waals surface area contributed by atoms with E-state index in [1.165, 1.54) is 37.0 Å². The first-order valence-electron chi connectivity index (χ1n) is 8.56. The van der Waals surface area contributed by atoms with E-state index in [4.69, 9.17) is 0 Å². The van der Waals surface area contributed by atoms with Gasteiger partial charge in [0.05, 0.1) is 5.56 Å². The van der Waals surface area contributed by atoms with Gasteiger partial charge in [-0.25, -0.2) is 4.39 Å². The summed E-state index contributed by atoms with van der Waals surface area (Å²) in [6.07, 6.45) is 3.83. The molecule has 0 aromatic heterocycles. The average molecular weight is 326 g/mol. The molecule has 2 aromatic rings. The van der Waals surface area contributed by atoms with Crippen LogP contribution < -0.4 is 5.32 Å². The molecule has 0 bridgehead atoms. The Morgan fingerprint density at radius 2 is 1.62 bits per heavy atom. The molecule has 1 aliphatic rings. The number of nitrogens with one attached hydrogen (secondary N) is 1. The van der Waals surface area contributed by atoms with Gasteiger partial charge in [0, 0.05) is 13.1 Å². The van der Waals surface area contributed by atoms with Crippen LogP contribution in [0.4, 0.5) is 4.39 Å². The number of likely N-dealkylation sites (tertiary alicyclic amines) is 1. The number of halogens is 1. The second kappa shape index (κ2) is 8.06. The highest BCUT2D eigenvalue weighted by Crippen LogP contribution is 2.16. The molecule has 2 aromatic carbocycles. The molecular formula is C20H23FN2O. The van der Waals surface area contributed by atoms with Crippen molar-refractivity contribution in [3.05, 3.63) is 71.0 Å². The lowest BCUT2D eigenvalue weighted by molar-refractivity contribution is 0.0946. The van der Waals surface area contributed by atoms with Crippen LogP contribution in [0, 0.1) is 5.82 Å². The summed E-state index contributed by atoms with van der Waals surface area (Å²) in [7, 11) is 0. The van der Waals surface area contributed by atoms with E-state index < -0.39 is 5.82 Å². The first-order chi connectivity index (χ1) is 11.7. The van der Waals surface area contributed by atoms with Crippen molar-refractivity contribution in [1.29, 1.82) is 0 Å². The Labute approximate surface area is 142 Å². The van der Waals surface area contributed by atoms with Gasteiger partial charge in [-0.15, -0.1) is 0 Å². The molecule has 1 aliphatic heterocycles. The number of carbonyl (C=O) groups is 1. The van der Waals surface area contributed by atoms with Crippen molar-refractivity contribution in [2.75, 3.05) is 13.1 Å². The maximum atomic E-state index is 13.7. The number of nitrogens with zero attached hydrogens (tertiary/aromatic N) is 1. The standard InChI is InChI=1S/C20H23FN2O/c21-19-11-5-4-10-18(19)20(24)22-14-16-8-2-3-9-17(16)15-23-12-6-1-7-13-23/h2-5,8-11H,1,6-7,12-15H2,(H,22,24). The average Bonchev–Trinajstić information content (AvgIpc) is 2.62. The number of hydrogen-bond acceptors (Lipinski definition) is 2. The zero-order chi connectivity index (χ0) is 16.8. The van der Waals surface area contributed by atoms with Gasteiger partial charge in [-0.1, -0.05) is 42.8 Å². The van der Waals surface area contributed by atoms with Crippen molar-refractivity contribution in [1.82, 2.24) is 10.2 Å². The number of piperidine rings is 1. The molecule has 0 saturated carbocycles. The normalized spacial score (nSPS) is 15.2. The van der Waals surface area contributed by atoms with E-state index in [-0.39, 0.29) is 11.5 Å². The van der Waals surface area contributed by atoms with Crippen molar-refractivity contribution >= 4 is 5.91 Å². The number of benzene rings is 2. The molecule has 3 rings (SSSR count). The van der Waals surface area contributed by atoms with Crippen LogP contribution in [-0.4, -0.2) is 23.9 Å². The quantitative estimate of drug-likeness (QED) is 0.908. The summed E-state index contributed by atoms with van der Waals surface area (Å²) in [5.74, 6) is -0.863. The molecule has 0 spiro atoms. The Balaban J connectivity index is 1.64.